The van der Waals surface area contributed by atoms with Crippen LogP contribution in [-0.4, -0.2) is 22.8 Å². The van der Waals surface area contributed by atoms with Crippen molar-refractivity contribution in [3.63, 3.8) is 0 Å². The van der Waals surface area contributed by atoms with Crippen LogP contribution in [0.1, 0.15) is 17.5 Å². The molecule has 0 saturated carbocycles. The van der Waals surface area contributed by atoms with Crippen LogP contribution in [0.3, 0.4) is 0 Å². The Hall–Kier alpha value is -3.24. The van der Waals surface area contributed by atoms with Crippen molar-refractivity contribution in [1.29, 1.82) is 0 Å². The van der Waals surface area contributed by atoms with Gasteiger partial charge in [-0.1, -0.05) is 78.9 Å². The zero-order chi connectivity index (χ0) is 19.3. The first-order chi connectivity index (χ1) is 13.7. The molecule has 28 heavy (non-hydrogen) atoms. The highest BCUT2D eigenvalue weighted by molar-refractivity contribution is 6.22. The Morgan fingerprint density at radius 3 is 1.68 bits per heavy atom. The highest BCUT2D eigenvalue weighted by atomic mass is 16.2. The summed E-state index contributed by atoms with van der Waals surface area (Å²) >= 11 is 0. The second-order valence-electron chi connectivity index (χ2n) is 7.00. The zero-order valence-corrected chi connectivity index (χ0v) is 15.6. The average molecular weight is 370 g/mol. The number of nitrogens with zero attached hydrogens (tertiary/aromatic N) is 2. The molecule has 1 aliphatic rings. The van der Waals surface area contributed by atoms with Crippen LogP contribution >= 0.6 is 0 Å². The van der Waals surface area contributed by atoms with Crippen LogP contribution in [0.5, 0.6) is 0 Å². The number of carbonyl (C=O) groups is 2. The maximum absolute atomic E-state index is 13.2. The van der Waals surface area contributed by atoms with Crippen LogP contribution in [0.25, 0.3) is 0 Å². The number of benzene rings is 3. The minimum atomic E-state index is -0.465. The smallest absolute Gasteiger partial charge is 0.251 e. The minimum absolute atomic E-state index is 0.146. The lowest BCUT2D eigenvalue weighted by Crippen LogP contribution is -2.41. The fraction of sp³-hybridized carbons (Fsp3) is 0.167. The molecule has 0 N–H and O–H groups in total. The van der Waals surface area contributed by atoms with E-state index in [1.807, 2.05) is 78.9 Å². The first kappa shape index (κ1) is 18.1. The van der Waals surface area contributed by atoms with Gasteiger partial charge in [-0.2, -0.15) is 0 Å². The second-order valence-corrected chi connectivity index (χ2v) is 7.00. The Morgan fingerprint density at radius 2 is 1.18 bits per heavy atom. The average Bonchev–Trinajstić information content (AvgIpc) is 3.04. The predicted molar refractivity (Wildman–Crippen MR) is 109 cm³/mol. The summed E-state index contributed by atoms with van der Waals surface area (Å²) in [5.74, 6) is -0.296. The van der Waals surface area contributed by atoms with Crippen molar-refractivity contribution in [2.75, 3.05) is 4.90 Å². The maximum Gasteiger partial charge on any atom is 0.251 e. The fourth-order valence-corrected chi connectivity index (χ4v) is 3.66. The summed E-state index contributed by atoms with van der Waals surface area (Å²) in [6.07, 6.45) is 0.202. The standard InChI is InChI=1S/C24H22N2O2/c27-23-16-22(24(28)26(23)21-14-8-3-9-15-21)25(17-19-10-4-1-5-11-19)18-20-12-6-2-7-13-20/h1-15,22H,16-18H2/t22-/m0/s1. The Labute approximate surface area is 165 Å². The van der Waals surface area contributed by atoms with Gasteiger partial charge in [-0.15, -0.1) is 0 Å². The number of para-hydroxylation sites is 1. The van der Waals surface area contributed by atoms with Gasteiger partial charge in [0.2, 0.25) is 5.91 Å². The molecular formula is C24H22N2O2. The number of hydrogen-bond acceptors (Lipinski definition) is 3. The lowest BCUT2D eigenvalue weighted by atomic mass is 10.1. The third-order valence-electron chi connectivity index (χ3n) is 5.03. The van der Waals surface area contributed by atoms with Gasteiger partial charge < -0.3 is 0 Å². The van der Waals surface area contributed by atoms with Gasteiger partial charge in [0.1, 0.15) is 0 Å². The maximum atomic E-state index is 13.2. The van der Waals surface area contributed by atoms with Crippen LogP contribution < -0.4 is 4.90 Å². The molecule has 3 aromatic carbocycles. The molecule has 4 nitrogen and oxygen atoms in total. The number of rotatable bonds is 6. The highest BCUT2D eigenvalue weighted by Crippen LogP contribution is 2.27. The van der Waals surface area contributed by atoms with Crippen LogP contribution in [-0.2, 0) is 22.7 Å². The van der Waals surface area contributed by atoms with Crippen LogP contribution in [0.4, 0.5) is 5.69 Å². The van der Waals surface area contributed by atoms with Crippen molar-refractivity contribution in [2.45, 2.75) is 25.6 Å². The van der Waals surface area contributed by atoms with Gasteiger partial charge in [-0.25, -0.2) is 4.90 Å². The molecule has 4 heteroatoms. The third kappa shape index (κ3) is 3.87. The molecule has 0 radical (unpaired) electrons. The molecule has 0 bridgehead atoms. The molecule has 1 aliphatic heterocycles. The summed E-state index contributed by atoms with van der Waals surface area (Å²) < 4.78 is 0. The van der Waals surface area contributed by atoms with Gasteiger partial charge in [0, 0.05) is 13.1 Å². The van der Waals surface area contributed by atoms with E-state index in [9.17, 15) is 9.59 Å². The molecule has 2 amide bonds. The van der Waals surface area contributed by atoms with Gasteiger partial charge in [-0.3, -0.25) is 14.5 Å². The van der Waals surface area contributed by atoms with E-state index in [0.29, 0.717) is 18.8 Å². The summed E-state index contributed by atoms with van der Waals surface area (Å²) in [5.41, 5.74) is 2.88. The first-order valence-corrected chi connectivity index (χ1v) is 9.46. The molecule has 1 saturated heterocycles. The highest BCUT2D eigenvalue weighted by Gasteiger charge is 2.42. The molecule has 0 spiro atoms. The van der Waals surface area contributed by atoms with Gasteiger partial charge in [0.05, 0.1) is 18.2 Å². The molecule has 3 aromatic rings. The number of amides is 2. The Bertz CT molecular complexity index is 901. The predicted octanol–water partition coefficient (Wildman–Crippen LogP) is 4.02. The van der Waals surface area contributed by atoms with E-state index < -0.39 is 6.04 Å². The van der Waals surface area contributed by atoms with E-state index in [1.54, 1.807) is 12.1 Å². The topological polar surface area (TPSA) is 40.6 Å². The molecule has 0 aliphatic carbocycles. The summed E-state index contributed by atoms with van der Waals surface area (Å²) in [6, 6.07) is 28.8. The summed E-state index contributed by atoms with van der Waals surface area (Å²) in [6.45, 7) is 1.23. The Balaban J connectivity index is 1.62. The van der Waals surface area contributed by atoms with Crippen LogP contribution in [0.15, 0.2) is 91.0 Å². The van der Waals surface area contributed by atoms with Crippen molar-refractivity contribution in [3.05, 3.63) is 102 Å². The summed E-state index contributed by atoms with van der Waals surface area (Å²) in [7, 11) is 0. The molecular weight excluding hydrogens is 348 g/mol. The van der Waals surface area contributed by atoms with Crippen molar-refractivity contribution >= 4 is 17.5 Å². The summed E-state index contributed by atoms with van der Waals surface area (Å²) in [5, 5.41) is 0. The van der Waals surface area contributed by atoms with Crippen molar-refractivity contribution in [1.82, 2.24) is 4.90 Å². The molecule has 140 valence electrons. The molecule has 0 unspecified atom stereocenters. The van der Waals surface area contributed by atoms with Gasteiger partial charge in [-0.05, 0) is 23.3 Å². The fourth-order valence-electron chi connectivity index (χ4n) is 3.66. The van der Waals surface area contributed by atoms with Crippen molar-refractivity contribution in [2.24, 2.45) is 0 Å². The molecule has 1 atom stereocenters. The number of imide groups is 1. The first-order valence-electron chi connectivity index (χ1n) is 9.46. The van der Waals surface area contributed by atoms with E-state index in [-0.39, 0.29) is 18.2 Å². The Kier molecular flexibility index (Phi) is 5.31. The lowest BCUT2D eigenvalue weighted by molar-refractivity contribution is -0.123. The largest absolute Gasteiger partial charge is 0.283 e. The second kappa shape index (κ2) is 8.19. The molecule has 1 heterocycles. The zero-order valence-electron chi connectivity index (χ0n) is 15.6. The van der Waals surface area contributed by atoms with Crippen LogP contribution in [0.2, 0.25) is 0 Å². The van der Waals surface area contributed by atoms with Crippen molar-refractivity contribution < 1.29 is 9.59 Å². The lowest BCUT2D eigenvalue weighted by Gasteiger charge is -2.27. The van der Waals surface area contributed by atoms with Gasteiger partial charge in [0.15, 0.2) is 0 Å². The van der Waals surface area contributed by atoms with E-state index in [0.717, 1.165) is 11.1 Å². The van der Waals surface area contributed by atoms with Crippen molar-refractivity contribution in [3.8, 4) is 0 Å². The molecule has 4 rings (SSSR count). The quantitative estimate of drug-likeness (QED) is 0.616. The molecule has 1 fully saturated rings. The van der Waals surface area contributed by atoms with E-state index in [1.165, 1.54) is 4.90 Å². The normalized spacial score (nSPS) is 16.8. The van der Waals surface area contributed by atoms with Gasteiger partial charge in [0.25, 0.3) is 5.91 Å². The van der Waals surface area contributed by atoms with E-state index in [2.05, 4.69) is 4.90 Å². The number of carbonyl (C=O) groups excluding carboxylic acids is 2. The van der Waals surface area contributed by atoms with E-state index in [4.69, 9.17) is 0 Å². The molecule has 0 aromatic heterocycles. The number of hydrogen-bond donors (Lipinski definition) is 0. The van der Waals surface area contributed by atoms with Gasteiger partial charge >= 0.3 is 0 Å². The minimum Gasteiger partial charge on any atom is -0.283 e. The van der Waals surface area contributed by atoms with E-state index >= 15 is 0 Å². The van der Waals surface area contributed by atoms with Crippen LogP contribution in [0, 0.1) is 0 Å². The SMILES string of the molecule is O=C1C[C@H](N(Cc2ccccc2)Cc2ccccc2)C(=O)N1c1ccccc1. The summed E-state index contributed by atoms with van der Waals surface area (Å²) in [4.78, 5) is 29.3. The Morgan fingerprint density at radius 1 is 0.714 bits per heavy atom. The monoisotopic (exact) mass is 370 g/mol. The third-order valence-corrected chi connectivity index (χ3v) is 5.03. The number of anilines is 1.